The summed E-state index contributed by atoms with van der Waals surface area (Å²) in [5, 5.41) is 9.93. The van der Waals surface area contributed by atoms with Gasteiger partial charge < -0.3 is 5.11 Å². The van der Waals surface area contributed by atoms with Crippen molar-refractivity contribution in [1.29, 1.82) is 0 Å². The Hall–Kier alpha value is -2.16. The maximum atomic E-state index is 11.3. The van der Waals surface area contributed by atoms with Gasteiger partial charge in [-0.05, 0) is 6.42 Å². The molecule has 1 heterocycles. The summed E-state index contributed by atoms with van der Waals surface area (Å²) in [7, 11) is 0. The highest BCUT2D eigenvalue weighted by atomic mass is 16.9. The second-order valence-electron chi connectivity index (χ2n) is 3.75. The smallest absolute Gasteiger partial charge is 0.370 e. The molecule has 1 aliphatic heterocycles. The molecular formula is C12H20N2O7. The van der Waals surface area contributed by atoms with Crippen molar-refractivity contribution >= 4 is 24.4 Å². The Balaban J connectivity index is 0.00000191. The van der Waals surface area contributed by atoms with Crippen molar-refractivity contribution in [3.05, 3.63) is 0 Å². The van der Waals surface area contributed by atoms with Crippen molar-refractivity contribution in [1.82, 2.24) is 10.1 Å². The first kappa shape index (κ1) is 18.8. The van der Waals surface area contributed by atoms with E-state index in [2.05, 4.69) is 9.68 Å². The molecule has 9 heteroatoms. The van der Waals surface area contributed by atoms with Gasteiger partial charge in [0.15, 0.2) is 6.23 Å². The van der Waals surface area contributed by atoms with E-state index >= 15 is 0 Å². The van der Waals surface area contributed by atoms with Gasteiger partial charge in [0.25, 0.3) is 18.2 Å². The summed E-state index contributed by atoms with van der Waals surface area (Å²) < 4.78 is 0. The van der Waals surface area contributed by atoms with E-state index in [1.807, 2.05) is 13.8 Å². The van der Waals surface area contributed by atoms with Crippen molar-refractivity contribution < 1.29 is 34.0 Å². The second-order valence-corrected chi connectivity index (χ2v) is 3.75. The predicted octanol–water partition coefficient (Wildman–Crippen LogP) is 0.722. The van der Waals surface area contributed by atoms with Crippen LogP contribution in [0.3, 0.4) is 0 Å². The Morgan fingerprint density at radius 2 is 2.10 bits per heavy atom. The van der Waals surface area contributed by atoms with Crippen LogP contribution >= 0.6 is 0 Å². The average Bonchev–Trinajstić information content (AvgIpc) is 2.79. The predicted molar refractivity (Wildman–Crippen MR) is 68.8 cm³/mol. The van der Waals surface area contributed by atoms with Crippen LogP contribution in [0.15, 0.2) is 0 Å². The SMILES string of the molecule is CC.CCCC(=O)N(C=O)OC(=O)ON1C(=O)CCC1O. The van der Waals surface area contributed by atoms with Gasteiger partial charge in [-0.25, -0.2) is 0 Å². The highest BCUT2D eigenvalue weighted by Crippen LogP contribution is 2.17. The first-order valence-electron chi connectivity index (χ1n) is 6.67. The van der Waals surface area contributed by atoms with E-state index in [0.29, 0.717) is 11.5 Å². The van der Waals surface area contributed by atoms with Crippen LogP contribution in [-0.2, 0) is 24.1 Å². The topological polar surface area (TPSA) is 113 Å². The van der Waals surface area contributed by atoms with E-state index in [-0.39, 0.29) is 30.7 Å². The van der Waals surface area contributed by atoms with Crippen molar-refractivity contribution in [2.24, 2.45) is 0 Å². The van der Waals surface area contributed by atoms with Gasteiger partial charge >= 0.3 is 6.16 Å². The highest BCUT2D eigenvalue weighted by Gasteiger charge is 2.34. The molecule has 0 saturated carbocycles. The summed E-state index contributed by atoms with van der Waals surface area (Å²) in [6.45, 7) is 5.71. The Morgan fingerprint density at radius 3 is 2.52 bits per heavy atom. The zero-order chi connectivity index (χ0) is 16.4. The molecule has 0 bridgehead atoms. The lowest BCUT2D eigenvalue weighted by Crippen LogP contribution is -2.39. The third kappa shape index (κ3) is 5.78. The fraction of sp³-hybridized carbons (Fsp3) is 0.667. The van der Waals surface area contributed by atoms with Crippen LogP contribution in [0, 0.1) is 0 Å². The summed E-state index contributed by atoms with van der Waals surface area (Å²) in [5.74, 6) is -1.32. The molecule has 1 atom stereocenters. The molecule has 9 nitrogen and oxygen atoms in total. The molecule has 120 valence electrons. The number of hydrogen-bond acceptors (Lipinski definition) is 7. The van der Waals surface area contributed by atoms with Crippen LogP contribution in [0.5, 0.6) is 0 Å². The van der Waals surface area contributed by atoms with E-state index in [9.17, 15) is 24.3 Å². The number of aliphatic hydroxyl groups is 1. The molecular weight excluding hydrogens is 284 g/mol. The molecule has 1 saturated heterocycles. The number of rotatable bonds is 4. The summed E-state index contributed by atoms with van der Waals surface area (Å²) in [5.41, 5.74) is 0. The third-order valence-electron chi connectivity index (χ3n) is 2.28. The van der Waals surface area contributed by atoms with Gasteiger partial charge in [-0.15, -0.1) is 10.1 Å². The van der Waals surface area contributed by atoms with Gasteiger partial charge in [-0.1, -0.05) is 20.8 Å². The van der Waals surface area contributed by atoms with Gasteiger partial charge in [0, 0.05) is 19.3 Å². The number of hydrogen-bond donors (Lipinski definition) is 1. The Labute approximate surface area is 122 Å². The first-order valence-corrected chi connectivity index (χ1v) is 6.67. The van der Waals surface area contributed by atoms with Crippen LogP contribution in [-0.4, -0.2) is 45.8 Å². The molecule has 0 aromatic rings. The average molecular weight is 304 g/mol. The molecule has 0 spiro atoms. The van der Waals surface area contributed by atoms with Gasteiger partial charge in [0.05, 0.1) is 0 Å². The molecule has 1 fully saturated rings. The fourth-order valence-electron chi connectivity index (χ4n) is 1.39. The monoisotopic (exact) mass is 304 g/mol. The zero-order valence-corrected chi connectivity index (χ0v) is 12.3. The minimum atomic E-state index is -1.45. The Kier molecular flexibility index (Phi) is 8.70. The van der Waals surface area contributed by atoms with Crippen LogP contribution in [0.4, 0.5) is 4.79 Å². The maximum absolute atomic E-state index is 11.3. The normalized spacial score (nSPS) is 16.7. The Morgan fingerprint density at radius 1 is 1.48 bits per heavy atom. The number of aliphatic hydroxyl groups excluding tert-OH is 1. The van der Waals surface area contributed by atoms with Crippen molar-refractivity contribution in [2.45, 2.75) is 52.7 Å². The van der Waals surface area contributed by atoms with E-state index in [0.717, 1.165) is 0 Å². The standard InChI is InChI=1S/C10H14N2O7.C2H6/c1-2-3-7(14)11(6-13)18-10(17)19-12-8(15)4-5-9(12)16;1-2/h6,8,15H,2-5H2,1H3;1-2H3. The molecule has 21 heavy (non-hydrogen) atoms. The fourth-order valence-corrected chi connectivity index (χ4v) is 1.39. The molecule has 3 amide bonds. The number of carbonyl (C=O) groups is 4. The molecule has 0 aromatic heterocycles. The van der Waals surface area contributed by atoms with Crippen LogP contribution in [0.25, 0.3) is 0 Å². The summed E-state index contributed by atoms with van der Waals surface area (Å²) in [4.78, 5) is 53.1. The van der Waals surface area contributed by atoms with Crippen molar-refractivity contribution in [3.8, 4) is 0 Å². The molecule has 0 aromatic carbocycles. The van der Waals surface area contributed by atoms with Crippen LogP contribution in [0.2, 0.25) is 0 Å². The largest absolute Gasteiger partial charge is 0.559 e. The Bertz CT molecular complexity index is 386. The quantitative estimate of drug-likeness (QED) is 0.601. The summed E-state index contributed by atoms with van der Waals surface area (Å²) in [6.07, 6.45) is -2.07. The summed E-state index contributed by atoms with van der Waals surface area (Å²) in [6, 6.07) is 0. The van der Waals surface area contributed by atoms with E-state index < -0.39 is 24.2 Å². The molecule has 0 radical (unpaired) electrons. The lowest BCUT2D eigenvalue weighted by atomic mass is 10.3. The maximum Gasteiger partial charge on any atom is 0.559 e. The zero-order valence-electron chi connectivity index (χ0n) is 12.3. The molecule has 1 aliphatic rings. The van der Waals surface area contributed by atoms with Crippen molar-refractivity contribution in [3.63, 3.8) is 0 Å². The van der Waals surface area contributed by atoms with E-state index in [1.54, 1.807) is 6.92 Å². The second kappa shape index (κ2) is 9.70. The summed E-state index contributed by atoms with van der Waals surface area (Å²) >= 11 is 0. The van der Waals surface area contributed by atoms with Gasteiger partial charge in [-0.2, -0.15) is 4.79 Å². The number of nitrogens with zero attached hydrogens (tertiary/aromatic N) is 2. The van der Waals surface area contributed by atoms with E-state index in [4.69, 9.17) is 0 Å². The van der Waals surface area contributed by atoms with Gasteiger partial charge in [0.2, 0.25) is 0 Å². The van der Waals surface area contributed by atoms with Gasteiger partial charge in [-0.3, -0.25) is 24.1 Å². The number of imide groups is 1. The third-order valence-corrected chi connectivity index (χ3v) is 2.28. The lowest BCUT2D eigenvalue weighted by Gasteiger charge is -2.19. The molecule has 1 N–H and O–H groups in total. The molecule has 1 rings (SSSR count). The minimum absolute atomic E-state index is 0.0112. The van der Waals surface area contributed by atoms with Crippen molar-refractivity contribution in [2.75, 3.05) is 0 Å². The molecule has 0 aliphatic carbocycles. The number of carbonyl (C=O) groups excluding carboxylic acids is 4. The van der Waals surface area contributed by atoms with Crippen LogP contribution in [0.1, 0.15) is 46.5 Å². The van der Waals surface area contributed by atoms with Gasteiger partial charge in [0.1, 0.15) is 0 Å². The van der Waals surface area contributed by atoms with E-state index in [1.165, 1.54) is 0 Å². The number of amides is 3. The minimum Gasteiger partial charge on any atom is -0.370 e. The first-order chi connectivity index (χ1) is 9.99. The number of hydroxylamine groups is 4. The highest BCUT2D eigenvalue weighted by molar-refractivity contribution is 5.86. The van der Waals surface area contributed by atoms with Crippen LogP contribution < -0.4 is 0 Å². The lowest BCUT2D eigenvalue weighted by molar-refractivity contribution is -0.218. The molecule has 1 unspecified atom stereocenters.